The Morgan fingerprint density at radius 3 is 2.82 bits per heavy atom. The van der Waals surface area contributed by atoms with Crippen LogP contribution in [0.3, 0.4) is 0 Å². The van der Waals surface area contributed by atoms with E-state index in [2.05, 4.69) is 27.9 Å². The first-order chi connectivity index (χ1) is 13.1. The van der Waals surface area contributed by atoms with Gasteiger partial charge < -0.3 is 25.4 Å². The maximum absolute atomic E-state index is 12.2. The average molecular weight is 502 g/mol. The molecule has 156 valence electrons. The number of aliphatic imine (C=N–C) groups is 1. The SMILES string of the molecule is CN=C(NCc1cccc(NC(=O)C2CCCO2)c1)NCC1(C)CCCO1.I. The number of hydrogen-bond acceptors (Lipinski definition) is 4. The zero-order chi connectivity index (χ0) is 19.1. The lowest BCUT2D eigenvalue weighted by molar-refractivity contribution is -0.124. The van der Waals surface area contributed by atoms with Crippen molar-refractivity contribution in [3.63, 3.8) is 0 Å². The molecule has 0 saturated carbocycles. The van der Waals surface area contributed by atoms with Crippen LogP contribution < -0.4 is 16.0 Å². The molecule has 0 bridgehead atoms. The summed E-state index contributed by atoms with van der Waals surface area (Å²) in [6.07, 6.45) is 3.57. The van der Waals surface area contributed by atoms with Crippen molar-refractivity contribution in [1.29, 1.82) is 0 Å². The predicted molar refractivity (Wildman–Crippen MR) is 121 cm³/mol. The van der Waals surface area contributed by atoms with Crippen LogP contribution in [-0.2, 0) is 20.8 Å². The van der Waals surface area contributed by atoms with Gasteiger partial charge in [0.1, 0.15) is 6.10 Å². The van der Waals surface area contributed by atoms with Crippen LogP contribution in [0.15, 0.2) is 29.3 Å². The largest absolute Gasteiger partial charge is 0.373 e. The van der Waals surface area contributed by atoms with Gasteiger partial charge in [-0.15, -0.1) is 24.0 Å². The van der Waals surface area contributed by atoms with E-state index in [9.17, 15) is 4.79 Å². The zero-order valence-corrected chi connectivity index (χ0v) is 19.0. The van der Waals surface area contributed by atoms with Gasteiger partial charge in [0.25, 0.3) is 5.91 Å². The first kappa shape index (κ1) is 22.9. The number of amides is 1. The minimum absolute atomic E-state index is 0. The minimum atomic E-state index is -0.325. The van der Waals surface area contributed by atoms with Gasteiger partial charge in [0, 0.05) is 39.0 Å². The van der Waals surface area contributed by atoms with Crippen molar-refractivity contribution in [2.75, 3.05) is 32.1 Å². The van der Waals surface area contributed by atoms with Crippen LogP contribution in [0.25, 0.3) is 0 Å². The normalized spacial score (nSPS) is 24.5. The predicted octanol–water partition coefficient (Wildman–Crippen LogP) is 2.66. The standard InChI is InChI=1S/C20H30N4O3.HI/c1-20(9-5-11-27-20)14-23-19(21-2)22-13-15-6-3-7-16(12-15)24-18(25)17-8-4-10-26-17;/h3,6-7,12,17H,4-5,8-11,13-14H2,1-2H3,(H,24,25)(H2,21,22,23);1H. The lowest BCUT2D eigenvalue weighted by atomic mass is 10.0. The van der Waals surface area contributed by atoms with Gasteiger partial charge in [-0.1, -0.05) is 12.1 Å². The Hall–Kier alpha value is -1.39. The fourth-order valence-corrected chi connectivity index (χ4v) is 3.42. The number of nitrogens with one attached hydrogen (secondary N) is 3. The van der Waals surface area contributed by atoms with E-state index < -0.39 is 0 Å². The second-order valence-corrected chi connectivity index (χ2v) is 7.37. The van der Waals surface area contributed by atoms with Gasteiger partial charge in [0.15, 0.2) is 5.96 Å². The molecule has 2 saturated heterocycles. The maximum Gasteiger partial charge on any atom is 0.253 e. The van der Waals surface area contributed by atoms with Crippen molar-refractivity contribution in [2.24, 2.45) is 4.99 Å². The molecule has 0 radical (unpaired) electrons. The van der Waals surface area contributed by atoms with Gasteiger partial charge in [-0.05, 0) is 50.3 Å². The molecule has 2 aliphatic heterocycles. The number of anilines is 1. The molecular formula is C20H31IN4O3. The fourth-order valence-electron chi connectivity index (χ4n) is 3.42. The maximum atomic E-state index is 12.2. The Morgan fingerprint density at radius 1 is 1.29 bits per heavy atom. The molecule has 7 nitrogen and oxygen atoms in total. The van der Waals surface area contributed by atoms with Gasteiger partial charge in [-0.3, -0.25) is 9.79 Å². The van der Waals surface area contributed by atoms with Gasteiger partial charge in [-0.2, -0.15) is 0 Å². The van der Waals surface area contributed by atoms with Crippen LogP contribution in [-0.4, -0.2) is 50.4 Å². The van der Waals surface area contributed by atoms with E-state index in [1.165, 1.54) is 0 Å². The van der Waals surface area contributed by atoms with Crippen LogP contribution in [0, 0.1) is 0 Å². The summed E-state index contributed by atoms with van der Waals surface area (Å²) in [5.41, 5.74) is 1.72. The van der Waals surface area contributed by atoms with Gasteiger partial charge in [-0.25, -0.2) is 0 Å². The van der Waals surface area contributed by atoms with Crippen molar-refractivity contribution in [2.45, 2.75) is 50.9 Å². The second kappa shape index (κ2) is 11.0. The third-order valence-electron chi connectivity index (χ3n) is 5.03. The molecule has 3 rings (SSSR count). The van der Waals surface area contributed by atoms with Crippen molar-refractivity contribution in [1.82, 2.24) is 10.6 Å². The van der Waals surface area contributed by atoms with Gasteiger partial charge in [0.2, 0.25) is 0 Å². The fraction of sp³-hybridized carbons (Fsp3) is 0.600. The number of benzene rings is 1. The highest BCUT2D eigenvalue weighted by molar-refractivity contribution is 14.0. The summed E-state index contributed by atoms with van der Waals surface area (Å²) in [5.74, 6) is 0.667. The quantitative estimate of drug-likeness (QED) is 0.317. The highest BCUT2D eigenvalue weighted by Gasteiger charge is 2.29. The lowest BCUT2D eigenvalue weighted by Gasteiger charge is -2.24. The van der Waals surface area contributed by atoms with Crippen molar-refractivity contribution in [3.8, 4) is 0 Å². The summed E-state index contributed by atoms with van der Waals surface area (Å²) in [4.78, 5) is 16.5. The first-order valence-corrected chi connectivity index (χ1v) is 9.68. The highest BCUT2D eigenvalue weighted by atomic mass is 127. The van der Waals surface area contributed by atoms with E-state index in [1.807, 2.05) is 24.3 Å². The third-order valence-corrected chi connectivity index (χ3v) is 5.03. The molecule has 2 atom stereocenters. The summed E-state index contributed by atoms with van der Waals surface area (Å²) in [6, 6.07) is 7.81. The lowest BCUT2D eigenvalue weighted by Crippen LogP contribution is -2.45. The Kier molecular flexibility index (Phi) is 8.97. The van der Waals surface area contributed by atoms with Crippen molar-refractivity contribution < 1.29 is 14.3 Å². The van der Waals surface area contributed by atoms with Crippen LogP contribution in [0.1, 0.15) is 38.2 Å². The topological polar surface area (TPSA) is 84.0 Å². The molecule has 2 unspecified atom stereocenters. The number of halogens is 1. The number of carbonyl (C=O) groups excluding carboxylic acids is 1. The van der Waals surface area contributed by atoms with Crippen LogP contribution in [0.5, 0.6) is 0 Å². The highest BCUT2D eigenvalue weighted by Crippen LogP contribution is 2.23. The molecule has 0 spiro atoms. The second-order valence-electron chi connectivity index (χ2n) is 7.37. The average Bonchev–Trinajstić information content (AvgIpc) is 3.34. The molecule has 2 heterocycles. The molecule has 2 aliphatic rings. The number of carbonyl (C=O) groups is 1. The van der Waals surface area contributed by atoms with E-state index in [-0.39, 0.29) is 41.6 Å². The summed E-state index contributed by atoms with van der Waals surface area (Å²) in [5, 5.41) is 9.58. The van der Waals surface area contributed by atoms with E-state index in [4.69, 9.17) is 9.47 Å². The summed E-state index contributed by atoms with van der Waals surface area (Å²) < 4.78 is 11.2. The summed E-state index contributed by atoms with van der Waals surface area (Å²) >= 11 is 0. The smallest absolute Gasteiger partial charge is 0.253 e. The number of guanidine groups is 1. The van der Waals surface area contributed by atoms with E-state index in [0.29, 0.717) is 13.2 Å². The third kappa shape index (κ3) is 6.59. The van der Waals surface area contributed by atoms with Crippen molar-refractivity contribution in [3.05, 3.63) is 29.8 Å². The molecule has 8 heteroatoms. The van der Waals surface area contributed by atoms with Gasteiger partial charge >= 0.3 is 0 Å². The Labute approximate surface area is 184 Å². The van der Waals surface area contributed by atoms with Crippen LogP contribution in [0.4, 0.5) is 5.69 Å². The minimum Gasteiger partial charge on any atom is -0.373 e. The van der Waals surface area contributed by atoms with Crippen LogP contribution >= 0.6 is 24.0 Å². The molecule has 1 aromatic rings. The Balaban J connectivity index is 0.00000280. The summed E-state index contributed by atoms with van der Waals surface area (Å²) in [6.45, 7) is 4.96. The van der Waals surface area contributed by atoms with E-state index >= 15 is 0 Å². The monoisotopic (exact) mass is 502 g/mol. The Morgan fingerprint density at radius 2 is 2.14 bits per heavy atom. The molecule has 0 aromatic heterocycles. The number of rotatable bonds is 6. The number of hydrogen-bond donors (Lipinski definition) is 3. The molecule has 1 aromatic carbocycles. The van der Waals surface area contributed by atoms with Crippen molar-refractivity contribution >= 4 is 41.5 Å². The summed E-state index contributed by atoms with van der Waals surface area (Å²) in [7, 11) is 1.76. The zero-order valence-electron chi connectivity index (χ0n) is 16.6. The van der Waals surface area contributed by atoms with Gasteiger partial charge in [0.05, 0.1) is 5.60 Å². The Bertz CT molecular complexity index is 671. The van der Waals surface area contributed by atoms with E-state index in [0.717, 1.165) is 56.0 Å². The molecular weight excluding hydrogens is 471 g/mol. The number of ether oxygens (including phenoxy) is 2. The molecule has 3 N–H and O–H groups in total. The molecule has 2 fully saturated rings. The molecule has 1 amide bonds. The van der Waals surface area contributed by atoms with Crippen LogP contribution in [0.2, 0.25) is 0 Å². The first-order valence-electron chi connectivity index (χ1n) is 9.68. The molecule has 0 aliphatic carbocycles. The number of nitrogens with zero attached hydrogens (tertiary/aromatic N) is 1. The van der Waals surface area contributed by atoms with E-state index in [1.54, 1.807) is 7.05 Å². The molecule has 28 heavy (non-hydrogen) atoms.